The predicted molar refractivity (Wildman–Crippen MR) is 62.3 cm³/mol. The molecule has 0 spiro atoms. The van der Waals surface area contributed by atoms with Gasteiger partial charge in [0.15, 0.2) is 0 Å². The average Bonchev–Trinajstić information content (AvgIpc) is 2.78. The van der Waals surface area contributed by atoms with Crippen LogP contribution in [0.25, 0.3) is 0 Å². The number of carbonyl (C=O) groups excluding carboxylic acids is 1. The first-order chi connectivity index (χ1) is 8.22. The molecule has 17 heavy (non-hydrogen) atoms. The molecule has 1 aromatic carbocycles. The Morgan fingerprint density at radius 3 is 3.00 bits per heavy atom. The van der Waals surface area contributed by atoms with Gasteiger partial charge in [-0.1, -0.05) is 12.1 Å². The second-order valence-corrected chi connectivity index (χ2v) is 4.34. The third-order valence-corrected chi connectivity index (χ3v) is 3.08. The van der Waals surface area contributed by atoms with E-state index in [0.717, 1.165) is 6.42 Å². The molecule has 0 aliphatic carbocycles. The van der Waals surface area contributed by atoms with E-state index >= 15 is 0 Å². The molecule has 1 heterocycles. The van der Waals surface area contributed by atoms with Gasteiger partial charge in [-0.2, -0.15) is 0 Å². The minimum absolute atomic E-state index is 0.158. The first-order valence-corrected chi connectivity index (χ1v) is 5.75. The van der Waals surface area contributed by atoms with Crippen molar-refractivity contribution in [2.45, 2.75) is 6.42 Å². The van der Waals surface area contributed by atoms with Crippen LogP contribution in [0.15, 0.2) is 24.3 Å². The highest BCUT2D eigenvalue weighted by atomic mass is 19.1. The fourth-order valence-corrected chi connectivity index (χ4v) is 2.19. The fourth-order valence-electron chi connectivity index (χ4n) is 2.19. The molecular formula is C13H16FNO2. The molecule has 1 atom stereocenters. The Kier molecular flexibility index (Phi) is 3.74. The normalized spacial score (nSPS) is 19.6. The van der Waals surface area contributed by atoms with E-state index in [9.17, 15) is 9.18 Å². The Morgan fingerprint density at radius 2 is 2.29 bits per heavy atom. The van der Waals surface area contributed by atoms with E-state index in [1.54, 1.807) is 24.1 Å². The third-order valence-electron chi connectivity index (χ3n) is 3.08. The standard InChI is InChI=1S/C13H16FNO2/c1-17-9-10-6-7-15(8-10)13(16)11-4-2-3-5-12(11)14/h2-5,10H,6-9H2,1H3. The second kappa shape index (κ2) is 5.27. The van der Waals surface area contributed by atoms with E-state index in [2.05, 4.69) is 0 Å². The summed E-state index contributed by atoms with van der Waals surface area (Å²) in [5.74, 6) is -0.301. The van der Waals surface area contributed by atoms with Crippen LogP contribution in [0.3, 0.4) is 0 Å². The first kappa shape index (κ1) is 12.0. The third kappa shape index (κ3) is 2.64. The molecule has 1 aliphatic heterocycles. The Labute approximate surface area is 100 Å². The molecule has 92 valence electrons. The highest BCUT2D eigenvalue weighted by Crippen LogP contribution is 2.19. The summed E-state index contributed by atoms with van der Waals surface area (Å²) in [6.45, 7) is 1.99. The van der Waals surface area contributed by atoms with Crippen molar-refractivity contribution < 1.29 is 13.9 Å². The molecule has 1 aliphatic rings. The van der Waals surface area contributed by atoms with Crippen LogP contribution in [0.5, 0.6) is 0 Å². The second-order valence-electron chi connectivity index (χ2n) is 4.34. The van der Waals surface area contributed by atoms with Crippen molar-refractivity contribution in [1.82, 2.24) is 4.90 Å². The minimum atomic E-state index is -0.451. The maximum atomic E-state index is 13.5. The van der Waals surface area contributed by atoms with Crippen molar-refractivity contribution in [3.8, 4) is 0 Å². The van der Waals surface area contributed by atoms with Gasteiger partial charge < -0.3 is 9.64 Å². The average molecular weight is 237 g/mol. The zero-order chi connectivity index (χ0) is 12.3. The number of halogens is 1. The van der Waals surface area contributed by atoms with Crippen LogP contribution in [-0.4, -0.2) is 37.6 Å². The van der Waals surface area contributed by atoms with Crippen molar-refractivity contribution >= 4 is 5.91 Å². The van der Waals surface area contributed by atoms with Crippen molar-refractivity contribution in [2.24, 2.45) is 5.92 Å². The van der Waals surface area contributed by atoms with E-state index in [-0.39, 0.29) is 11.5 Å². The van der Waals surface area contributed by atoms with Gasteiger partial charge in [-0.05, 0) is 18.6 Å². The molecule has 2 rings (SSSR count). The van der Waals surface area contributed by atoms with Crippen LogP contribution in [0.2, 0.25) is 0 Å². The topological polar surface area (TPSA) is 29.5 Å². The number of amides is 1. The number of likely N-dealkylation sites (tertiary alicyclic amines) is 1. The lowest BCUT2D eigenvalue weighted by Gasteiger charge is -2.16. The highest BCUT2D eigenvalue weighted by Gasteiger charge is 2.27. The summed E-state index contributed by atoms with van der Waals surface area (Å²) in [6, 6.07) is 6.11. The smallest absolute Gasteiger partial charge is 0.256 e. The zero-order valence-corrected chi connectivity index (χ0v) is 9.86. The number of methoxy groups -OCH3 is 1. The molecule has 1 fully saturated rings. The largest absolute Gasteiger partial charge is 0.384 e. The summed E-state index contributed by atoms with van der Waals surface area (Å²) in [6.07, 6.45) is 0.925. The summed E-state index contributed by atoms with van der Waals surface area (Å²) in [4.78, 5) is 13.8. The van der Waals surface area contributed by atoms with E-state index in [1.165, 1.54) is 12.1 Å². The van der Waals surface area contributed by atoms with Crippen molar-refractivity contribution in [2.75, 3.05) is 26.8 Å². The number of ether oxygens (including phenoxy) is 1. The Hall–Kier alpha value is -1.42. The molecule has 1 saturated heterocycles. The maximum Gasteiger partial charge on any atom is 0.256 e. The van der Waals surface area contributed by atoms with E-state index in [0.29, 0.717) is 25.6 Å². The molecule has 4 heteroatoms. The number of carbonyl (C=O) groups is 1. The van der Waals surface area contributed by atoms with E-state index in [1.807, 2.05) is 0 Å². The predicted octanol–water partition coefficient (Wildman–Crippen LogP) is 1.93. The summed E-state index contributed by atoms with van der Waals surface area (Å²) < 4.78 is 18.5. The Balaban J connectivity index is 2.05. The number of rotatable bonds is 3. The lowest BCUT2D eigenvalue weighted by molar-refractivity contribution is 0.0771. The molecular weight excluding hydrogens is 221 g/mol. The number of nitrogens with zero attached hydrogens (tertiary/aromatic N) is 1. The highest BCUT2D eigenvalue weighted by molar-refractivity contribution is 5.94. The van der Waals surface area contributed by atoms with Gasteiger partial charge in [-0.3, -0.25) is 4.79 Å². The first-order valence-electron chi connectivity index (χ1n) is 5.75. The summed E-state index contributed by atoms with van der Waals surface area (Å²) in [7, 11) is 1.65. The summed E-state index contributed by atoms with van der Waals surface area (Å²) >= 11 is 0. The molecule has 0 saturated carbocycles. The van der Waals surface area contributed by atoms with Crippen LogP contribution in [0.1, 0.15) is 16.8 Å². The SMILES string of the molecule is COCC1CCN(C(=O)c2ccccc2F)C1. The summed E-state index contributed by atoms with van der Waals surface area (Å²) in [5, 5.41) is 0. The fraction of sp³-hybridized carbons (Fsp3) is 0.462. The van der Waals surface area contributed by atoms with Gasteiger partial charge in [0.25, 0.3) is 5.91 Å². The summed E-state index contributed by atoms with van der Waals surface area (Å²) in [5.41, 5.74) is 0.158. The van der Waals surface area contributed by atoms with Gasteiger partial charge in [-0.15, -0.1) is 0 Å². The molecule has 0 bridgehead atoms. The van der Waals surface area contributed by atoms with Gasteiger partial charge in [-0.25, -0.2) is 4.39 Å². The lowest BCUT2D eigenvalue weighted by atomic mass is 10.1. The number of benzene rings is 1. The molecule has 1 amide bonds. The van der Waals surface area contributed by atoms with Crippen molar-refractivity contribution in [3.05, 3.63) is 35.6 Å². The Morgan fingerprint density at radius 1 is 1.53 bits per heavy atom. The molecule has 0 aromatic heterocycles. The van der Waals surface area contributed by atoms with Gasteiger partial charge in [0, 0.05) is 26.1 Å². The number of hydrogen-bond acceptors (Lipinski definition) is 2. The monoisotopic (exact) mass is 237 g/mol. The zero-order valence-electron chi connectivity index (χ0n) is 9.86. The maximum absolute atomic E-state index is 13.5. The van der Waals surface area contributed by atoms with Crippen LogP contribution < -0.4 is 0 Å². The quantitative estimate of drug-likeness (QED) is 0.804. The van der Waals surface area contributed by atoms with Crippen molar-refractivity contribution in [3.63, 3.8) is 0 Å². The van der Waals surface area contributed by atoms with Gasteiger partial charge in [0.2, 0.25) is 0 Å². The van der Waals surface area contributed by atoms with Crippen molar-refractivity contribution in [1.29, 1.82) is 0 Å². The van der Waals surface area contributed by atoms with E-state index < -0.39 is 5.82 Å². The van der Waals surface area contributed by atoms with Gasteiger partial charge in [0.1, 0.15) is 5.82 Å². The van der Waals surface area contributed by atoms with Crippen LogP contribution >= 0.6 is 0 Å². The molecule has 0 N–H and O–H groups in total. The lowest BCUT2D eigenvalue weighted by Crippen LogP contribution is -2.29. The molecule has 0 radical (unpaired) electrons. The molecule has 3 nitrogen and oxygen atoms in total. The van der Waals surface area contributed by atoms with Gasteiger partial charge in [0.05, 0.1) is 12.2 Å². The van der Waals surface area contributed by atoms with Gasteiger partial charge >= 0.3 is 0 Å². The molecule has 1 aromatic rings. The number of hydrogen-bond donors (Lipinski definition) is 0. The Bertz CT molecular complexity index is 408. The minimum Gasteiger partial charge on any atom is -0.384 e. The van der Waals surface area contributed by atoms with Crippen LogP contribution in [-0.2, 0) is 4.74 Å². The van der Waals surface area contributed by atoms with E-state index in [4.69, 9.17) is 4.74 Å². The van der Waals surface area contributed by atoms with Crippen LogP contribution in [0.4, 0.5) is 4.39 Å². The van der Waals surface area contributed by atoms with Crippen LogP contribution in [0, 0.1) is 11.7 Å². The molecule has 1 unspecified atom stereocenters.